The van der Waals surface area contributed by atoms with E-state index in [4.69, 9.17) is 0 Å². The van der Waals surface area contributed by atoms with Crippen molar-refractivity contribution in [1.82, 2.24) is 4.57 Å². The lowest BCUT2D eigenvalue weighted by molar-refractivity contribution is 0.916. The molecule has 1 N–H and O–H groups in total. The molecule has 2 aromatic carbocycles. The summed E-state index contributed by atoms with van der Waals surface area (Å²) in [6.07, 6.45) is 1.89. The number of fused-ring (bicyclic) bond motifs is 1. The number of aryl methyl sites for hydroxylation is 1. The highest BCUT2D eigenvalue weighted by atomic mass is 15.3. The fraction of sp³-hybridized carbons (Fsp3) is 0.118. The summed E-state index contributed by atoms with van der Waals surface area (Å²) in [4.78, 5) is 0. The average Bonchev–Trinajstić information content (AvgIpc) is 2.74. The molecule has 0 aliphatic rings. The number of para-hydroxylation sites is 2. The maximum Gasteiger partial charge on any atom is 0.0569 e. The van der Waals surface area contributed by atoms with E-state index in [2.05, 4.69) is 53.3 Å². The van der Waals surface area contributed by atoms with Crippen LogP contribution >= 0.6 is 0 Å². The Balaban J connectivity index is 1.93. The summed E-state index contributed by atoms with van der Waals surface area (Å²) >= 11 is 0. The maximum absolute atomic E-state index is 4.35. The fourth-order valence-corrected chi connectivity index (χ4v) is 2.40. The van der Waals surface area contributed by atoms with Crippen LogP contribution in [0.5, 0.6) is 0 Å². The minimum atomic E-state index is 0.988. The molecule has 3 heteroatoms. The minimum absolute atomic E-state index is 0.988. The number of benzene rings is 2. The predicted octanol–water partition coefficient (Wildman–Crippen LogP) is 3.93. The molecule has 0 saturated carbocycles. The first-order valence-corrected chi connectivity index (χ1v) is 6.65. The van der Waals surface area contributed by atoms with Gasteiger partial charge in [-0.05, 0) is 25.1 Å². The Kier molecular flexibility index (Phi) is 3.25. The fourth-order valence-electron chi connectivity index (χ4n) is 2.40. The Morgan fingerprint density at radius 2 is 1.70 bits per heavy atom. The van der Waals surface area contributed by atoms with Crippen LogP contribution in [-0.2, 0) is 7.05 Å². The molecule has 0 aliphatic carbocycles. The van der Waals surface area contributed by atoms with Crippen molar-refractivity contribution >= 4 is 22.8 Å². The van der Waals surface area contributed by atoms with E-state index in [-0.39, 0.29) is 0 Å². The van der Waals surface area contributed by atoms with Gasteiger partial charge in [-0.15, -0.1) is 0 Å². The van der Waals surface area contributed by atoms with E-state index in [9.17, 15) is 0 Å². The third kappa shape index (κ3) is 2.18. The normalized spacial score (nSPS) is 11.3. The SMILES string of the molecule is Cc1c(/C=N\Nc2ccccc2)c2ccccc2n1C. The molecule has 1 aromatic heterocycles. The van der Waals surface area contributed by atoms with Crippen LogP contribution in [0.1, 0.15) is 11.3 Å². The first-order chi connectivity index (χ1) is 9.77. The van der Waals surface area contributed by atoms with Crippen LogP contribution in [0, 0.1) is 6.92 Å². The summed E-state index contributed by atoms with van der Waals surface area (Å²) in [6.45, 7) is 2.11. The highest BCUT2D eigenvalue weighted by Crippen LogP contribution is 2.23. The van der Waals surface area contributed by atoms with Gasteiger partial charge < -0.3 is 4.57 Å². The largest absolute Gasteiger partial charge is 0.347 e. The number of rotatable bonds is 3. The number of nitrogens with one attached hydrogen (secondary N) is 1. The average molecular weight is 263 g/mol. The molecule has 0 atom stereocenters. The number of aromatic nitrogens is 1. The number of hydrogen-bond donors (Lipinski definition) is 1. The van der Waals surface area contributed by atoms with Crippen LogP contribution in [0.3, 0.4) is 0 Å². The molecular weight excluding hydrogens is 246 g/mol. The summed E-state index contributed by atoms with van der Waals surface area (Å²) in [5, 5.41) is 5.58. The molecule has 3 nitrogen and oxygen atoms in total. The van der Waals surface area contributed by atoms with E-state index >= 15 is 0 Å². The molecule has 0 aliphatic heterocycles. The van der Waals surface area contributed by atoms with Gasteiger partial charge in [-0.3, -0.25) is 5.43 Å². The van der Waals surface area contributed by atoms with E-state index in [1.54, 1.807) is 0 Å². The van der Waals surface area contributed by atoms with E-state index in [0.29, 0.717) is 0 Å². The third-order valence-corrected chi connectivity index (χ3v) is 3.61. The van der Waals surface area contributed by atoms with Crippen LogP contribution in [0.25, 0.3) is 10.9 Å². The predicted molar refractivity (Wildman–Crippen MR) is 85.3 cm³/mol. The number of anilines is 1. The zero-order chi connectivity index (χ0) is 13.9. The van der Waals surface area contributed by atoms with Gasteiger partial charge in [0.05, 0.1) is 11.9 Å². The van der Waals surface area contributed by atoms with Gasteiger partial charge in [-0.25, -0.2) is 0 Å². The van der Waals surface area contributed by atoms with Gasteiger partial charge in [-0.1, -0.05) is 36.4 Å². The molecular formula is C17H17N3. The lowest BCUT2D eigenvalue weighted by Crippen LogP contribution is -1.94. The molecule has 0 saturated heterocycles. The van der Waals surface area contributed by atoms with Gasteiger partial charge in [0.2, 0.25) is 0 Å². The van der Waals surface area contributed by atoms with E-state index in [0.717, 1.165) is 11.3 Å². The number of hydrogen-bond acceptors (Lipinski definition) is 2. The summed E-state index contributed by atoms with van der Waals surface area (Å²) in [6, 6.07) is 18.3. The number of hydrazone groups is 1. The first-order valence-electron chi connectivity index (χ1n) is 6.65. The molecule has 100 valence electrons. The lowest BCUT2D eigenvalue weighted by atomic mass is 10.1. The van der Waals surface area contributed by atoms with E-state index in [1.165, 1.54) is 16.6 Å². The Bertz CT molecular complexity index is 755. The Morgan fingerprint density at radius 3 is 2.50 bits per heavy atom. The van der Waals surface area contributed by atoms with Crippen molar-refractivity contribution in [1.29, 1.82) is 0 Å². The number of nitrogens with zero attached hydrogens (tertiary/aromatic N) is 2. The second-order valence-electron chi connectivity index (χ2n) is 4.81. The quantitative estimate of drug-likeness (QED) is 0.563. The highest BCUT2D eigenvalue weighted by molar-refractivity contribution is 6.01. The molecule has 0 unspecified atom stereocenters. The standard InChI is InChI=1S/C17H17N3/c1-13-16(12-18-19-14-8-4-3-5-9-14)15-10-6-7-11-17(15)20(13)2/h3-12,19H,1-2H3/b18-12-. The summed E-state index contributed by atoms with van der Waals surface area (Å²) in [5.74, 6) is 0. The molecule has 1 heterocycles. The topological polar surface area (TPSA) is 29.3 Å². The lowest BCUT2D eigenvalue weighted by Gasteiger charge is -1.99. The van der Waals surface area contributed by atoms with Gasteiger partial charge in [0.1, 0.15) is 0 Å². The summed E-state index contributed by atoms with van der Waals surface area (Å²) < 4.78 is 2.19. The molecule has 3 aromatic rings. The molecule has 0 bridgehead atoms. The Hall–Kier alpha value is -2.55. The van der Waals surface area contributed by atoms with Crippen molar-refractivity contribution in [3.63, 3.8) is 0 Å². The van der Waals surface area contributed by atoms with Gasteiger partial charge in [0.25, 0.3) is 0 Å². The second-order valence-corrected chi connectivity index (χ2v) is 4.81. The van der Waals surface area contributed by atoms with Crippen molar-refractivity contribution in [3.8, 4) is 0 Å². The maximum atomic E-state index is 4.35. The monoisotopic (exact) mass is 263 g/mol. The summed E-state index contributed by atoms with van der Waals surface area (Å²) in [5.41, 5.74) is 7.64. The molecule has 0 spiro atoms. The second kappa shape index (κ2) is 5.21. The Morgan fingerprint density at radius 1 is 1.00 bits per heavy atom. The minimum Gasteiger partial charge on any atom is -0.347 e. The first kappa shape index (κ1) is 12.5. The molecule has 20 heavy (non-hydrogen) atoms. The van der Waals surface area contributed by atoms with Crippen molar-refractivity contribution in [3.05, 3.63) is 65.9 Å². The molecule has 0 fully saturated rings. The zero-order valence-electron chi connectivity index (χ0n) is 11.7. The van der Waals surface area contributed by atoms with Gasteiger partial charge >= 0.3 is 0 Å². The van der Waals surface area contributed by atoms with Crippen LogP contribution in [-0.4, -0.2) is 10.8 Å². The van der Waals surface area contributed by atoms with Crippen LogP contribution < -0.4 is 5.43 Å². The van der Waals surface area contributed by atoms with Gasteiger partial charge in [-0.2, -0.15) is 5.10 Å². The van der Waals surface area contributed by atoms with Crippen LogP contribution in [0.4, 0.5) is 5.69 Å². The van der Waals surface area contributed by atoms with Gasteiger partial charge in [0, 0.05) is 29.2 Å². The van der Waals surface area contributed by atoms with Crippen molar-refractivity contribution in [2.24, 2.45) is 12.1 Å². The molecule has 0 amide bonds. The third-order valence-electron chi connectivity index (χ3n) is 3.61. The molecule has 3 rings (SSSR count). The molecule has 0 radical (unpaired) electrons. The van der Waals surface area contributed by atoms with Crippen molar-refractivity contribution in [2.75, 3.05) is 5.43 Å². The Labute approximate surface area is 118 Å². The van der Waals surface area contributed by atoms with Crippen LogP contribution in [0.2, 0.25) is 0 Å². The van der Waals surface area contributed by atoms with Crippen molar-refractivity contribution < 1.29 is 0 Å². The highest BCUT2D eigenvalue weighted by Gasteiger charge is 2.08. The summed E-state index contributed by atoms with van der Waals surface area (Å²) in [7, 11) is 2.08. The zero-order valence-corrected chi connectivity index (χ0v) is 11.7. The van der Waals surface area contributed by atoms with E-state index < -0.39 is 0 Å². The smallest absolute Gasteiger partial charge is 0.0569 e. The van der Waals surface area contributed by atoms with E-state index in [1.807, 2.05) is 36.5 Å². The van der Waals surface area contributed by atoms with Gasteiger partial charge in [0.15, 0.2) is 0 Å². The van der Waals surface area contributed by atoms with Crippen molar-refractivity contribution in [2.45, 2.75) is 6.92 Å². The van der Waals surface area contributed by atoms with Crippen LogP contribution in [0.15, 0.2) is 59.7 Å².